The first kappa shape index (κ1) is 19.8. The van der Waals surface area contributed by atoms with Crippen molar-refractivity contribution in [3.8, 4) is 11.6 Å². The Morgan fingerprint density at radius 1 is 1.10 bits per heavy atom. The van der Waals surface area contributed by atoms with Gasteiger partial charge in [-0.15, -0.1) is 0 Å². The van der Waals surface area contributed by atoms with Crippen LogP contribution in [0, 0.1) is 5.82 Å². The predicted molar refractivity (Wildman–Crippen MR) is 112 cm³/mol. The zero-order valence-electron chi connectivity index (χ0n) is 16.7. The number of anilines is 1. The second kappa shape index (κ2) is 8.90. The Morgan fingerprint density at radius 3 is 2.63 bits per heavy atom. The average Bonchev–Trinajstić information content (AvgIpc) is 2.76. The molecule has 1 atom stereocenters. The average molecular weight is 406 g/mol. The molecule has 1 aliphatic rings. The summed E-state index contributed by atoms with van der Waals surface area (Å²) in [6, 6.07) is 17.7. The highest BCUT2D eigenvalue weighted by Gasteiger charge is 2.28. The lowest BCUT2D eigenvalue weighted by Crippen LogP contribution is -2.54. The molecule has 0 saturated carbocycles. The molecule has 3 aromatic rings. The number of carbonyl (C=O) groups is 1. The Kier molecular flexibility index (Phi) is 5.88. The van der Waals surface area contributed by atoms with Crippen molar-refractivity contribution in [3.05, 3.63) is 78.4 Å². The van der Waals surface area contributed by atoms with E-state index in [0.29, 0.717) is 31.9 Å². The number of para-hydroxylation sites is 1. The van der Waals surface area contributed by atoms with Crippen molar-refractivity contribution in [1.29, 1.82) is 0 Å². The molecule has 0 N–H and O–H groups in total. The van der Waals surface area contributed by atoms with E-state index in [9.17, 15) is 9.18 Å². The van der Waals surface area contributed by atoms with Gasteiger partial charge in [-0.1, -0.05) is 42.5 Å². The number of amides is 1. The van der Waals surface area contributed by atoms with Crippen molar-refractivity contribution >= 4 is 11.7 Å². The van der Waals surface area contributed by atoms with Gasteiger partial charge in [0.1, 0.15) is 12.1 Å². The van der Waals surface area contributed by atoms with Crippen molar-refractivity contribution in [3.63, 3.8) is 0 Å². The lowest BCUT2D eigenvalue weighted by molar-refractivity contribution is -0.132. The van der Waals surface area contributed by atoms with Gasteiger partial charge in [0.2, 0.25) is 11.8 Å². The summed E-state index contributed by atoms with van der Waals surface area (Å²) in [6.45, 7) is 3.95. The van der Waals surface area contributed by atoms with Crippen LogP contribution in [-0.2, 0) is 11.2 Å². The topological polar surface area (TPSA) is 58.6 Å². The fraction of sp³-hybridized carbons (Fsp3) is 0.261. The molecule has 4 rings (SSSR count). The second-order valence-corrected chi connectivity index (χ2v) is 7.29. The predicted octanol–water partition coefficient (Wildman–Crippen LogP) is 3.69. The lowest BCUT2D eigenvalue weighted by Gasteiger charge is -2.40. The van der Waals surface area contributed by atoms with E-state index in [0.717, 1.165) is 5.56 Å². The highest BCUT2D eigenvalue weighted by Crippen LogP contribution is 2.25. The molecule has 2 aromatic carbocycles. The standard InChI is InChI=1S/C23H23FN4O2/c1-17-15-27(11-12-28(17)23(29)13-18-7-3-2-4-8-18)21-14-22(26-16-25-21)30-20-10-6-5-9-19(20)24/h2-10,14,16-17H,11-13,15H2,1H3/t17-/m1/s1. The van der Waals surface area contributed by atoms with E-state index >= 15 is 0 Å². The Bertz CT molecular complexity index is 1010. The molecule has 1 fully saturated rings. The Hall–Kier alpha value is -3.48. The van der Waals surface area contributed by atoms with Gasteiger partial charge in [0.25, 0.3) is 0 Å². The number of ether oxygens (including phenoxy) is 1. The Morgan fingerprint density at radius 2 is 1.87 bits per heavy atom. The molecule has 6 nitrogen and oxygen atoms in total. The van der Waals surface area contributed by atoms with Crippen LogP contribution >= 0.6 is 0 Å². The van der Waals surface area contributed by atoms with Crippen LogP contribution in [0.25, 0.3) is 0 Å². The zero-order valence-corrected chi connectivity index (χ0v) is 16.7. The van der Waals surface area contributed by atoms with Gasteiger partial charge in [-0.25, -0.2) is 14.4 Å². The number of aromatic nitrogens is 2. The third-order valence-electron chi connectivity index (χ3n) is 5.15. The maximum atomic E-state index is 13.8. The van der Waals surface area contributed by atoms with Gasteiger partial charge in [0.15, 0.2) is 11.6 Å². The molecular weight excluding hydrogens is 383 g/mol. The van der Waals surface area contributed by atoms with Crippen molar-refractivity contribution < 1.29 is 13.9 Å². The number of rotatable bonds is 5. The molecule has 0 bridgehead atoms. The quantitative estimate of drug-likeness (QED) is 0.647. The summed E-state index contributed by atoms with van der Waals surface area (Å²) in [5.74, 6) is 0.766. The van der Waals surface area contributed by atoms with E-state index in [-0.39, 0.29) is 23.6 Å². The summed E-state index contributed by atoms with van der Waals surface area (Å²) < 4.78 is 19.4. The van der Waals surface area contributed by atoms with Crippen LogP contribution in [0.15, 0.2) is 67.0 Å². The monoisotopic (exact) mass is 406 g/mol. The molecule has 1 amide bonds. The molecule has 154 valence electrons. The molecule has 7 heteroatoms. The summed E-state index contributed by atoms with van der Waals surface area (Å²) in [5, 5.41) is 0. The van der Waals surface area contributed by atoms with Crippen LogP contribution in [0.2, 0.25) is 0 Å². The summed E-state index contributed by atoms with van der Waals surface area (Å²) >= 11 is 0. The minimum atomic E-state index is -0.447. The molecule has 0 aliphatic carbocycles. The van der Waals surface area contributed by atoms with Crippen LogP contribution in [0.5, 0.6) is 11.6 Å². The van der Waals surface area contributed by atoms with Crippen LogP contribution in [0.1, 0.15) is 12.5 Å². The normalized spacial score (nSPS) is 16.4. The van der Waals surface area contributed by atoms with Gasteiger partial charge in [0.05, 0.1) is 6.42 Å². The van der Waals surface area contributed by atoms with Crippen LogP contribution in [0.4, 0.5) is 10.2 Å². The van der Waals surface area contributed by atoms with E-state index in [4.69, 9.17) is 4.74 Å². The number of nitrogens with zero attached hydrogens (tertiary/aromatic N) is 4. The minimum Gasteiger partial charge on any atom is -0.436 e. The summed E-state index contributed by atoms with van der Waals surface area (Å²) in [4.78, 5) is 25.2. The number of piperazine rings is 1. The van der Waals surface area contributed by atoms with Crippen molar-refractivity contribution in [2.75, 3.05) is 24.5 Å². The second-order valence-electron chi connectivity index (χ2n) is 7.29. The number of hydrogen-bond acceptors (Lipinski definition) is 5. The van der Waals surface area contributed by atoms with Gasteiger partial charge < -0.3 is 14.5 Å². The van der Waals surface area contributed by atoms with Gasteiger partial charge in [-0.05, 0) is 24.6 Å². The van der Waals surface area contributed by atoms with E-state index in [2.05, 4.69) is 14.9 Å². The molecule has 2 heterocycles. The first-order valence-corrected chi connectivity index (χ1v) is 9.93. The molecule has 1 aromatic heterocycles. The maximum absolute atomic E-state index is 13.8. The van der Waals surface area contributed by atoms with Gasteiger partial charge in [0, 0.05) is 31.7 Å². The van der Waals surface area contributed by atoms with Crippen LogP contribution in [0.3, 0.4) is 0 Å². The minimum absolute atomic E-state index is 0.0425. The van der Waals surface area contributed by atoms with Gasteiger partial charge in [-0.3, -0.25) is 4.79 Å². The zero-order chi connectivity index (χ0) is 20.9. The lowest BCUT2D eigenvalue weighted by atomic mass is 10.1. The fourth-order valence-electron chi connectivity index (χ4n) is 3.61. The highest BCUT2D eigenvalue weighted by atomic mass is 19.1. The van der Waals surface area contributed by atoms with E-state index < -0.39 is 5.82 Å². The Balaban J connectivity index is 1.41. The van der Waals surface area contributed by atoms with Gasteiger partial charge >= 0.3 is 0 Å². The molecule has 30 heavy (non-hydrogen) atoms. The first-order chi connectivity index (χ1) is 14.6. The third kappa shape index (κ3) is 4.56. The molecular formula is C23H23FN4O2. The molecule has 0 spiro atoms. The molecule has 1 saturated heterocycles. The van der Waals surface area contributed by atoms with E-state index in [1.165, 1.54) is 12.4 Å². The Labute approximate surface area is 174 Å². The summed E-state index contributed by atoms with van der Waals surface area (Å²) in [5.41, 5.74) is 1.02. The van der Waals surface area contributed by atoms with Gasteiger partial charge in [-0.2, -0.15) is 0 Å². The number of halogens is 1. The number of carbonyl (C=O) groups excluding carboxylic acids is 1. The van der Waals surface area contributed by atoms with Crippen LogP contribution < -0.4 is 9.64 Å². The smallest absolute Gasteiger partial charge is 0.227 e. The largest absolute Gasteiger partial charge is 0.436 e. The van der Waals surface area contributed by atoms with Crippen LogP contribution in [-0.4, -0.2) is 46.5 Å². The van der Waals surface area contributed by atoms with Crippen molar-refractivity contribution in [1.82, 2.24) is 14.9 Å². The first-order valence-electron chi connectivity index (χ1n) is 9.93. The van der Waals surface area contributed by atoms with Crippen molar-refractivity contribution in [2.24, 2.45) is 0 Å². The summed E-state index contributed by atoms with van der Waals surface area (Å²) in [6.07, 6.45) is 1.81. The summed E-state index contributed by atoms with van der Waals surface area (Å²) in [7, 11) is 0. The molecule has 0 radical (unpaired) electrons. The number of benzene rings is 2. The molecule has 1 aliphatic heterocycles. The third-order valence-corrected chi connectivity index (χ3v) is 5.15. The maximum Gasteiger partial charge on any atom is 0.227 e. The van der Waals surface area contributed by atoms with Crippen molar-refractivity contribution in [2.45, 2.75) is 19.4 Å². The number of hydrogen-bond donors (Lipinski definition) is 0. The fourth-order valence-corrected chi connectivity index (χ4v) is 3.61. The SMILES string of the molecule is C[C@@H]1CN(c2cc(Oc3ccccc3F)ncn2)CCN1C(=O)Cc1ccccc1. The highest BCUT2D eigenvalue weighted by molar-refractivity contribution is 5.79. The molecule has 0 unspecified atom stereocenters. The van der Waals surface area contributed by atoms with E-state index in [1.807, 2.05) is 42.2 Å². The van der Waals surface area contributed by atoms with E-state index in [1.54, 1.807) is 24.3 Å².